The summed E-state index contributed by atoms with van der Waals surface area (Å²) in [5.74, 6) is -1.20. The van der Waals surface area contributed by atoms with Gasteiger partial charge in [-0.3, -0.25) is 9.59 Å². The standard InChI is InChI=1S/C58H109NO10/c1-4-7-10-13-16-19-22-25-26-28-31-34-37-40-43-46-53(63)69-56-55(65)54(64)52(47-60)68-58(56)67-48-49(50(61)44-41-38-35-32-30-27-23-20-17-14-11-8-5-2)59-57(66)51(62)45-42-39-36-33-29-24-21-18-15-12-9-6-3/h29,33,41,44,49-52,54-56,58,60-62,64-65H,4-28,30-32,34-40,42-43,45-48H2,1-3H3,(H,59,66)/b33-29-,44-41+. The first-order chi connectivity index (χ1) is 33.7. The van der Waals surface area contributed by atoms with Gasteiger partial charge in [-0.05, 0) is 51.4 Å². The molecule has 1 fully saturated rings. The normalized spacial score (nSPS) is 19.9. The zero-order valence-electron chi connectivity index (χ0n) is 44.7. The molecule has 69 heavy (non-hydrogen) atoms. The number of carbonyl (C=O) groups excluding carboxylic acids is 2. The Hall–Kier alpha value is -1.86. The Balaban J connectivity index is 2.74. The summed E-state index contributed by atoms with van der Waals surface area (Å²) in [6, 6.07) is -1.03. The topological polar surface area (TPSA) is 175 Å². The highest BCUT2D eigenvalue weighted by Crippen LogP contribution is 2.26. The molecule has 11 nitrogen and oxygen atoms in total. The number of amides is 1. The maximum absolute atomic E-state index is 13.3. The number of rotatable bonds is 49. The van der Waals surface area contributed by atoms with Crippen molar-refractivity contribution in [1.82, 2.24) is 5.32 Å². The van der Waals surface area contributed by atoms with Crippen molar-refractivity contribution in [3.63, 3.8) is 0 Å². The van der Waals surface area contributed by atoms with Crippen LogP contribution in [0.15, 0.2) is 24.3 Å². The second-order valence-corrected chi connectivity index (χ2v) is 20.4. The lowest BCUT2D eigenvalue weighted by molar-refractivity contribution is -0.305. The van der Waals surface area contributed by atoms with Gasteiger partial charge in [-0.2, -0.15) is 0 Å². The number of nitrogens with one attached hydrogen (secondary N) is 1. The molecule has 1 aliphatic rings. The fraction of sp³-hybridized carbons (Fsp3) is 0.897. The summed E-state index contributed by atoms with van der Waals surface area (Å²) in [6.07, 6.45) is 42.2. The number of aliphatic hydroxyl groups is 5. The van der Waals surface area contributed by atoms with Gasteiger partial charge in [0.25, 0.3) is 0 Å². The highest BCUT2D eigenvalue weighted by atomic mass is 16.7. The van der Waals surface area contributed by atoms with E-state index in [4.69, 9.17) is 14.2 Å². The summed E-state index contributed by atoms with van der Waals surface area (Å²) < 4.78 is 17.6. The van der Waals surface area contributed by atoms with Crippen LogP contribution in [0.1, 0.15) is 271 Å². The number of allylic oxidation sites excluding steroid dienone is 3. The quantitative estimate of drug-likeness (QED) is 0.0196. The van der Waals surface area contributed by atoms with Gasteiger partial charge in [-0.1, -0.05) is 238 Å². The van der Waals surface area contributed by atoms with E-state index in [-0.39, 0.29) is 19.4 Å². The van der Waals surface area contributed by atoms with E-state index in [9.17, 15) is 35.1 Å². The van der Waals surface area contributed by atoms with Crippen LogP contribution in [0.3, 0.4) is 0 Å². The van der Waals surface area contributed by atoms with E-state index in [1.54, 1.807) is 6.08 Å². The number of carbonyl (C=O) groups is 2. The largest absolute Gasteiger partial charge is 0.454 e. The molecule has 0 aromatic rings. The SMILES string of the molecule is CCCCCCCC/C=C\CCCCC(O)C(=O)NC(COC1OC(CO)C(O)C(O)C1OC(=O)CCCCCCCCCCCCCCCCC)C(O)/C=C/CCCCCCCCCCCCC. The molecule has 1 heterocycles. The Bertz CT molecular complexity index is 1220. The van der Waals surface area contributed by atoms with Gasteiger partial charge in [-0.15, -0.1) is 0 Å². The van der Waals surface area contributed by atoms with Crippen LogP contribution in [-0.4, -0.2) is 99.6 Å². The van der Waals surface area contributed by atoms with Gasteiger partial charge in [-0.25, -0.2) is 0 Å². The number of hydrogen-bond acceptors (Lipinski definition) is 10. The Morgan fingerprint density at radius 2 is 0.957 bits per heavy atom. The van der Waals surface area contributed by atoms with E-state index in [0.717, 1.165) is 57.8 Å². The predicted molar refractivity (Wildman–Crippen MR) is 283 cm³/mol. The molecule has 0 aromatic heterocycles. The molecule has 1 rings (SSSR count). The second-order valence-electron chi connectivity index (χ2n) is 20.4. The molecule has 0 saturated carbocycles. The van der Waals surface area contributed by atoms with Crippen LogP contribution < -0.4 is 5.32 Å². The average Bonchev–Trinajstić information content (AvgIpc) is 3.34. The van der Waals surface area contributed by atoms with E-state index in [1.807, 2.05) is 6.08 Å². The minimum atomic E-state index is -1.61. The molecule has 1 saturated heterocycles. The number of esters is 1. The van der Waals surface area contributed by atoms with Crippen molar-refractivity contribution in [2.45, 2.75) is 320 Å². The lowest BCUT2D eigenvalue weighted by atomic mass is 9.99. The van der Waals surface area contributed by atoms with E-state index in [2.05, 4.69) is 38.2 Å². The lowest BCUT2D eigenvalue weighted by Gasteiger charge is -2.41. The van der Waals surface area contributed by atoms with Gasteiger partial charge < -0.3 is 45.1 Å². The molecule has 0 aromatic carbocycles. The monoisotopic (exact) mass is 980 g/mol. The highest BCUT2D eigenvalue weighted by molar-refractivity contribution is 5.80. The van der Waals surface area contributed by atoms with Gasteiger partial charge >= 0.3 is 5.97 Å². The molecule has 6 N–H and O–H groups in total. The van der Waals surface area contributed by atoms with Gasteiger partial charge in [0.15, 0.2) is 12.4 Å². The molecule has 0 aliphatic carbocycles. The van der Waals surface area contributed by atoms with Crippen LogP contribution in [0.4, 0.5) is 0 Å². The summed E-state index contributed by atoms with van der Waals surface area (Å²) in [6.45, 7) is 5.77. The van der Waals surface area contributed by atoms with Crippen molar-refractivity contribution in [2.24, 2.45) is 0 Å². The Kier molecular flexibility index (Phi) is 44.5. The smallest absolute Gasteiger partial charge is 0.306 e. The maximum Gasteiger partial charge on any atom is 0.306 e. The second kappa shape index (κ2) is 47.2. The van der Waals surface area contributed by atoms with Crippen LogP contribution in [0.25, 0.3) is 0 Å². The van der Waals surface area contributed by atoms with Crippen molar-refractivity contribution in [1.29, 1.82) is 0 Å². The number of ether oxygens (including phenoxy) is 3. The summed E-state index contributed by atoms with van der Waals surface area (Å²) in [5.41, 5.74) is 0. The number of unbranched alkanes of at least 4 members (excludes halogenated alkanes) is 33. The fourth-order valence-electron chi connectivity index (χ4n) is 9.18. The van der Waals surface area contributed by atoms with Crippen LogP contribution in [0, 0.1) is 0 Å². The van der Waals surface area contributed by atoms with E-state index in [0.29, 0.717) is 12.8 Å². The summed E-state index contributed by atoms with van der Waals surface area (Å²) in [4.78, 5) is 26.4. The highest BCUT2D eigenvalue weighted by Gasteiger charge is 2.47. The van der Waals surface area contributed by atoms with Crippen molar-refractivity contribution in [2.75, 3.05) is 13.2 Å². The summed E-state index contributed by atoms with van der Waals surface area (Å²) in [5, 5.41) is 56.8. The molecule has 11 heteroatoms. The molecule has 1 amide bonds. The minimum Gasteiger partial charge on any atom is -0.454 e. The molecule has 0 spiro atoms. The van der Waals surface area contributed by atoms with Crippen molar-refractivity contribution in [3.05, 3.63) is 24.3 Å². The molecular weight excluding hydrogens is 871 g/mol. The third kappa shape index (κ3) is 35.8. The third-order valence-electron chi connectivity index (χ3n) is 13.9. The number of aliphatic hydroxyl groups excluding tert-OH is 5. The van der Waals surface area contributed by atoms with Crippen LogP contribution in [0.5, 0.6) is 0 Å². The average molecular weight is 981 g/mol. The predicted octanol–water partition coefficient (Wildman–Crippen LogP) is 12.9. The van der Waals surface area contributed by atoms with Crippen LogP contribution in [-0.2, 0) is 23.8 Å². The third-order valence-corrected chi connectivity index (χ3v) is 13.9. The van der Waals surface area contributed by atoms with Crippen molar-refractivity contribution >= 4 is 11.9 Å². The van der Waals surface area contributed by atoms with Gasteiger partial charge in [0.2, 0.25) is 5.91 Å². The van der Waals surface area contributed by atoms with Crippen molar-refractivity contribution in [3.8, 4) is 0 Å². The summed E-state index contributed by atoms with van der Waals surface area (Å²) >= 11 is 0. The maximum atomic E-state index is 13.3. The van der Waals surface area contributed by atoms with E-state index in [1.165, 1.54) is 167 Å². The lowest BCUT2D eigenvalue weighted by Crippen LogP contribution is -2.61. The van der Waals surface area contributed by atoms with Gasteiger partial charge in [0.1, 0.15) is 24.4 Å². The Morgan fingerprint density at radius 1 is 0.551 bits per heavy atom. The first kappa shape index (κ1) is 65.2. The number of hydrogen-bond donors (Lipinski definition) is 6. The zero-order valence-corrected chi connectivity index (χ0v) is 44.7. The Morgan fingerprint density at radius 3 is 1.41 bits per heavy atom. The van der Waals surface area contributed by atoms with Gasteiger partial charge in [0.05, 0.1) is 25.4 Å². The summed E-state index contributed by atoms with van der Waals surface area (Å²) in [7, 11) is 0. The first-order valence-corrected chi connectivity index (χ1v) is 29.1. The molecule has 0 radical (unpaired) electrons. The minimum absolute atomic E-state index is 0.127. The molecule has 0 bridgehead atoms. The Labute approximate surface area is 422 Å². The molecule has 8 unspecified atom stereocenters. The van der Waals surface area contributed by atoms with Crippen LogP contribution >= 0.6 is 0 Å². The molecule has 406 valence electrons. The molecule has 1 aliphatic heterocycles. The zero-order chi connectivity index (χ0) is 50.4. The fourth-order valence-corrected chi connectivity index (χ4v) is 9.18. The first-order valence-electron chi connectivity index (χ1n) is 29.1. The van der Waals surface area contributed by atoms with E-state index >= 15 is 0 Å². The molecule has 8 atom stereocenters. The molecular formula is C58H109NO10. The van der Waals surface area contributed by atoms with Crippen LogP contribution in [0.2, 0.25) is 0 Å². The van der Waals surface area contributed by atoms with Crippen molar-refractivity contribution < 1.29 is 49.3 Å². The van der Waals surface area contributed by atoms with Gasteiger partial charge in [0, 0.05) is 6.42 Å². The van der Waals surface area contributed by atoms with E-state index < -0.39 is 67.4 Å².